The highest BCUT2D eigenvalue weighted by atomic mass is 32.2. The van der Waals surface area contributed by atoms with E-state index >= 15 is 0 Å². The number of thioether (sulfide) groups is 2. The van der Waals surface area contributed by atoms with Crippen molar-refractivity contribution in [2.45, 2.75) is 38.6 Å². The van der Waals surface area contributed by atoms with Gasteiger partial charge in [0.05, 0.1) is 0 Å². The first kappa shape index (κ1) is 21.9. The van der Waals surface area contributed by atoms with Crippen molar-refractivity contribution in [1.29, 1.82) is 0 Å². The van der Waals surface area contributed by atoms with Gasteiger partial charge in [-0.1, -0.05) is 36.9 Å². The summed E-state index contributed by atoms with van der Waals surface area (Å²) in [6, 6.07) is -0.126. The van der Waals surface area contributed by atoms with E-state index in [1.807, 2.05) is 6.92 Å². The molecule has 2 heterocycles. The van der Waals surface area contributed by atoms with Crippen LogP contribution in [0.25, 0.3) is 0 Å². The van der Waals surface area contributed by atoms with E-state index < -0.39 is 0 Å². The zero-order valence-corrected chi connectivity index (χ0v) is 17.3. The predicted octanol–water partition coefficient (Wildman–Crippen LogP) is 1.51. The molecule has 0 spiro atoms. The van der Waals surface area contributed by atoms with Crippen molar-refractivity contribution in [2.24, 2.45) is 0 Å². The van der Waals surface area contributed by atoms with Gasteiger partial charge in [-0.05, 0) is 6.42 Å². The summed E-state index contributed by atoms with van der Waals surface area (Å²) in [7, 11) is 0. The summed E-state index contributed by atoms with van der Waals surface area (Å²) in [6.45, 7) is 4.67. The van der Waals surface area contributed by atoms with Gasteiger partial charge in [-0.15, -0.1) is 0 Å². The molecule has 10 heteroatoms. The van der Waals surface area contributed by atoms with E-state index in [-0.39, 0.29) is 41.2 Å². The Balaban J connectivity index is 1.65. The first-order chi connectivity index (χ1) is 13.0. The van der Waals surface area contributed by atoms with Gasteiger partial charge in [0.25, 0.3) is 10.5 Å². The third-order valence-electron chi connectivity index (χ3n) is 4.46. The van der Waals surface area contributed by atoms with E-state index in [0.29, 0.717) is 32.7 Å². The molecule has 0 aromatic carbocycles. The molecule has 152 valence electrons. The van der Waals surface area contributed by atoms with Gasteiger partial charge in [0.2, 0.25) is 11.8 Å². The minimum absolute atomic E-state index is 0.0359. The highest BCUT2D eigenvalue weighted by molar-refractivity contribution is 8.14. The lowest BCUT2D eigenvalue weighted by molar-refractivity contribution is -0.123. The Morgan fingerprint density at radius 1 is 1.00 bits per heavy atom. The summed E-state index contributed by atoms with van der Waals surface area (Å²) in [5.74, 6) is 1.35. The standard InChI is InChI=1S/C17H28N4O4S2/c1-2-3-13(19-15(23)5-7-21-9-11-27-17(21)25)12-18-14(22)4-6-20-8-10-26-16(20)24/h13H,2-12H2,1H3,(H,18,22)(H,19,23). The lowest BCUT2D eigenvalue weighted by Gasteiger charge is -2.20. The Morgan fingerprint density at radius 3 is 2.04 bits per heavy atom. The summed E-state index contributed by atoms with van der Waals surface area (Å²) >= 11 is 2.57. The number of carbonyl (C=O) groups excluding carboxylic acids is 4. The van der Waals surface area contributed by atoms with Crippen LogP contribution in [0.5, 0.6) is 0 Å². The molecule has 0 radical (unpaired) electrons. The van der Waals surface area contributed by atoms with Crippen molar-refractivity contribution < 1.29 is 19.2 Å². The van der Waals surface area contributed by atoms with E-state index in [2.05, 4.69) is 10.6 Å². The third kappa shape index (κ3) is 7.61. The van der Waals surface area contributed by atoms with Crippen LogP contribution >= 0.6 is 23.5 Å². The molecule has 0 aromatic heterocycles. The molecule has 2 saturated heterocycles. The number of hydrogen-bond donors (Lipinski definition) is 2. The Bertz CT molecular complexity index is 561. The van der Waals surface area contributed by atoms with E-state index in [1.54, 1.807) is 9.80 Å². The Kier molecular flexibility index (Phi) is 9.26. The maximum atomic E-state index is 12.2. The van der Waals surface area contributed by atoms with E-state index in [9.17, 15) is 19.2 Å². The Labute approximate surface area is 168 Å². The minimum atomic E-state index is -0.126. The first-order valence-corrected chi connectivity index (χ1v) is 11.4. The SMILES string of the molecule is CCCC(CNC(=O)CCN1CCSC1=O)NC(=O)CCN1CCSC1=O. The van der Waals surface area contributed by atoms with Crippen LogP contribution in [0, 0.1) is 0 Å². The maximum Gasteiger partial charge on any atom is 0.281 e. The van der Waals surface area contributed by atoms with Crippen molar-refractivity contribution in [2.75, 3.05) is 44.2 Å². The average Bonchev–Trinajstić information content (AvgIpc) is 3.24. The smallest absolute Gasteiger partial charge is 0.281 e. The molecule has 4 amide bonds. The summed E-state index contributed by atoms with van der Waals surface area (Å²) in [4.78, 5) is 50.6. The van der Waals surface area contributed by atoms with Crippen LogP contribution < -0.4 is 10.6 Å². The fourth-order valence-corrected chi connectivity index (χ4v) is 4.63. The lowest BCUT2D eigenvalue weighted by atomic mass is 10.1. The largest absolute Gasteiger partial charge is 0.354 e. The molecule has 0 aliphatic carbocycles. The fraction of sp³-hybridized carbons (Fsp3) is 0.765. The highest BCUT2D eigenvalue weighted by Crippen LogP contribution is 2.17. The molecule has 0 aromatic rings. The Morgan fingerprint density at radius 2 is 1.56 bits per heavy atom. The molecule has 8 nitrogen and oxygen atoms in total. The van der Waals surface area contributed by atoms with Gasteiger partial charge < -0.3 is 20.4 Å². The molecular formula is C17H28N4O4S2. The average molecular weight is 417 g/mol. The maximum absolute atomic E-state index is 12.2. The predicted molar refractivity (Wildman–Crippen MR) is 108 cm³/mol. The van der Waals surface area contributed by atoms with Crippen LogP contribution in [-0.2, 0) is 9.59 Å². The second-order valence-electron chi connectivity index (χ2n) is 6.56. The van der Waals surface area contributed by atoms with Crippen LogP contribution in [0.2, 0.25) is 0 Å². The van der Waals surface area contributed by atoms with Gasteiger partial charge in [0.1, 0.15) is 0 Å². The number of nitrogens with one attached hydrogen (secondary N) is 2. The third-order valence-corrected chi connectivity index (χ3v) is 6.24. The van der Waals surface area contributed by atoms with Gasteiger partial charge in [0.15, 0.2) is 0 Å². The summed E-state index contributed by atoms with van der Waals surface area (Å²) in [5.41, 5.74) is 0. The molecule has 2 N–H and O–H groups in total. The van der Waals surface area contributed by atoms with Gasteiger partial charge in [-0.25, -0.2) is 0 Å². The molecule has 2 aliphatic heterocycles. The highest BCUT2D eigenvalue weighted by Gasteiger charge is 2.23. The topological polar surface area (TPSA) is 98.8 Å². The monoisotopic (exact) mass is 416 g/mol. The van der Waals surface area contributed by atoms with E-state index in [0.717, 1.165) is 24.3 Å². The van der Waals surface area contributed by atoms with Gasteiger partial charge in [-0.3, -0.25) is 19.2 Å². The second-order valence-corrected chi connectivity index (χ2v) is 8.65. The second kappa shape index (κ2) is 11.4. The van der Waals surface area contributed by atoms with E-state index in [4.69, 9.17) is 0 Å². The molecular weight excluding hydrogens is 388 g/mol. The van der Waals surface area contributed by atoms with Gasteiger partial charge >= 0.3 is 0 Å². The molecule has 27 heavy (non-hydrogen) atoms. The number of carbonyl (C=O) groups is 4. The molecule has 1 atom stereocenters. The van der Waals surface area contributed by atoms with Crippen LogP contribution in [0.15, 0.2) is 0 Å². The number of rotatable bonds is 11. The van der Waals surface area contributed by atoms with Crippen LogP contribution in [0.1, 0.15) is 32.6 Å². The van der Waals surface area contributed by atoms with Crippen LogP contribution in [0.4, 0.5) is 9.59 Å². The van der Waals surface area contributed by atoms with Gasteiger partial charge in [0, 0.05) is 63.1 Å². The summed E-state index contributed by atoms with van der Waals surface area (Å²) in [6.07, 6.45) is 2.20. The zero-order valence-electron chi connectivity index (χ0n) is 15.7. The number of amides is 4. The van der Waals surface area contributed by atoms with Crippen LogP contribution in [-0.4, -0.2) is 82.4 Å². The normalized spacial score (nSPS) is 18.1. The Hall–Kier alpha value is -1.42. The molecule has 2 fully saturated rings. The van der Waals surface area contributed by atoms with Crippen molar-refractivity contribution in [3.05, 3.63) is 0 Å². The molecule has 2 rings (SSSR count). The van der Waals surface area contributed by atoms with Crippen molar-refractivity contribution in [3.63, 3.8) is 0 Å². The minimum Gasteiger partial charge on any atom is -0.354 e. The molecule has 0 bridgehead atoms. The number of hydrogen-bond acceptors (Lipinski definition) is 6. The molecule has 0 saturated carbocycles. The van der Waals surface area contributed by atoms with Crippen molar-refractivity contribution >= 4 is 45.8 Å². The zero-order chi connectivity index (χ0) is 19.6. The number of nitrogens with zero attached hydrogens (tertiary/aromatic N) is 2. The van der Waals surface area contributed by atoms with Crippen LogP contribution in [0.3, 0.4) is 0 Å². The van der Waals surface area contributed by atoms with Crippen molar-refractivity contribution in [1.82, 2.24) is 20.4 Å². The summed E-state index contributed by atoms with van der Waals surface area (Å²) in [5, 5.41) is 5.87. The van der Waals surface area contributed by atoms with Gasteiger partial charge in [-0.2, -0.15) is 0 Å². The molecule has 1 unspecified atom stereocenters. The summed E-state index contributed by atoms with van der Waals surface area (Å²) < 4.78 is 0. The van der Waals surface area contributed by atoms with Crippen molar-refractivity contribution in [3.8, 4) is 0 Å². The fourth-order valence-electron chi connectivity index (χ4n) is 2.93. The molecule has 2 aliphatic rings. The first-order valence-electron chi connectivity index (χ1n) is 9.39. The lowest BCUT2D eigenvalue weighted by Crippen LogP contribution is -2.44. The quantitative estimate of drug-likeness (QED) is 0.530. The van der Waals surface area contributed by atoms with E-state index in [1.165, 1.54) is 23.5 Å².